The highest BCUT2D eigenvalue weighted by Gasteiger charge is 2.29. The summed E-state index contributed by atoms with van der Waals surface area (Å²) >= 11 is 0. The van der Waals surface area contributed by atoms with Crippen molar-refractivity contribution in [2.75, 3.05) is 20.3 Å². The van der Waals surface area contributed by atoms with E-state index in [1.54, 1.807) is 7.11 Å². The van der Waals surface area contributed by atoms with Crippen molar-refractivity contribution in [1.82, 2.24) is 0 Å². The molecule has 0 bridgehead atoms. The van der Waals surface area contributed by atoms with Crippen molar-refractivity contribution < 1.29 is 9.47 Å². The van der Waals surface area contributed by atoms with Crippen molar-refractivity contribution in [3.63, 3.8) is 0 Å². The first-order valence-electron chi connectivity index (χ1n) is 2.69. The number of nitrogens with two attached hydrogens (primary N) is 1. The Labute approximate surface area is 48.8 Å². The molecule has 1 fully saturated rings. The Bertz CT molecular complexity index is 78.5. The van der Waals surface area contributed by atoms with Crippen molar-refractivity contribution in [3.05, 3.63) is 0 Å². The van der Waals surface area contributed by atoms with Gasteiger partial charge in [0.1, 0.15) is 5.72 Å². The lowest BCUT2D eigenvalue weighted by atomic mass is 10.2. The average Bonchev–Trinajstić information content (AvgIpc) is 2.17. The molecule has 48 valence electrons. The van der Waals surface area contributed by atoms with E-state index in [2.05, 4.69) is 0 Å². The number of hydrogen-bond donors (Lipinski definition) is 1. The quantitative estimate of drug-likeness (QED) is 0.480. The number of ether oxygens (including phenoxy) is 2. The molecule has 1 aliphatic rings. The van der Waals surface area contributed by atoms with Crippen molar-refractivity contribution >= 4 is 0 Å². The van der Waals surface area contributed by atoms with Gasteiger partial charge in [-0.05, 0) is 0 Å². The lowest BCUT2D eigenvalue weighted by Crippen LogP contribution is -2.42. The number of hydrogen-bond acceptors (Lipinski definition) is 3. The first kappa shape index (κ1) is 6.01. The van der Waals surface area contributed by atoms with Gasteiger partial charge in [0.05, 0.1) is 13.2 Å². The van der Waals surface area contributed by atoms with E-state index >= 15 is 0 Å². The second-order valence-corrected chi connectivity index (χ2v) is 2.07. The first-order valence-corrected chi connectivity index (χ1v) is 2.69. The third kappa shape index (κ3) is 0.992. The lowest BCUT2D eigenvalue weighted by Gasteiger charge is -2.18. The standard InChI is InChI=1S/C5H11NO2/c1-7-5(6)2-3-8-4-5/h2-4,6H2,1H3. The smallest absolute Gasteiger partial charge is 0.142 e. The van der Waals surface area contributed by atoms with Gasteiger partial charge in [0.15, 0.2) is 0 Å². The minimum atomic E-state index is -0.486. The van der Waals surface area contributed by atoms with Crippen LogP contribution >= 0.6 is 0 Å². The van der Waals surface area contributed by atoms with Gasteiger partial charge in [-0.1, -0.05) is 0 Å². The van der Waals surface area contributed by atoms with E-state index in [4.69, 9.17) is 15.2 Å². The lowest BCUT2D eigenvalue weighted by molar-refractivity contribution is -0.0117. The van der Waals surface area contributed by atoms with Crippen LogP contribution in [0.2, 0.25) is 0 Å². The maximum atomic E-state index is 5.61. The van der Waals surface area contributed by atoms with Gasteiger partial charge in [0.2, 0.25) is 0 Å². The molecule has 0 aliphatic carbocycles. The zero-order valence-electron chi connectivity index (χ0n) is 5.02. The van der Waals surface area contributed by atoms with Crippen molar-refractivity contribution in [2.45, 2.75) is 12.1 Å². The van der Waals surface area contributed by atoms with E-state index in [0.717, 1.165) is 13.0 Å². The minimum Gasteiger partial charge on any atom is -0.377 e. The normalized spacial score (nSPS) is 38.2. The van der Waals surface area contributed by atoms with E-state index in [9.17, 15) is 0 Å². The van der Waals surface area contributed by atoms with Gasteiger partial charge in [0.25, 0.3) is 0 Å². The average molecular weight is 117 g/mol. The molecule has 3 nitrogen and oxygen atoms in total. The molecule has 1 rings (SSSR count). The van der Waals surface area contributed by atoms with Crippen LogP contribution in [0, 0.1) is 0 Å². The van der Waals surface area contributed by atoms with E-state index in [1.807, 2.05) is 0 Å². The molecule has 1 saturated heterocycles. The molecular formula is C5H11NO2. The molecule has 3 heteroatoms. The third-order valence-electron chi connectivity index (χ3n) is 1.42. The van der Waals surface area contributed by atoms with E-state index in [1.165, 1.54) is 0 Å². The Morgan fingerprint density at radius 3 is 2.75 bits per heavy atom. The second kappa shape index (κ2) is 2.01. The largest absolute Gasteiger partial charge is 0.377 e. The second-order valence-electron chi connectivity index (χ2n) is 2.07. The molecule has 0 aromatic carbocycles. The molecule has 1 unspecified atom stereocenters. The van der Waals surface area contributed by atoms with Gasteiger partial charge in [-0.2, -0.15) is 0 Å². The topological polar surface area (TPSA) is 44.5 Å². The molecular weight excluding hydrogens is 106 g/mol. The van der Waals surface area contributed by atoms with Gasteiger partial charge in [0, 0.05) is 13.5 Å². The van der Waals surface area contributed by atoms with Crippen molar-refractivity contribution in [3.8, 4) is 0 Å². The summed E-state index contributed by atoms with van der Waals surface area (Å²) in [6, 6.07) is 0. The maximum absolute atomic E-state index is 5.61. The van der Waals surface area contributed by atoms with Crippen LogP contribution < -0.4 is 5.73 Å². The Balaban J connectivity index is 2.40. The maximum Gasteiger partial charge on any atom is 0.142 e. The summed E-state index contributed by atoms with van der Waals surface area (Å²) in [6.45, 7) is 1.26. The molecule has 0 spiro atoms. The molecule has 0 aromatic heterocycles. The summed E-state index contributed by atoms with van der Waals surface area (Å²) in [6.07, 6.45) is 0.809. The Kier molecular flexibility index (Phi) is 1.51. The predicted molar refractivity (Wildman–Crippen MR) is 29.4 cm³/mol. The SMILES string of the molecule is COC1(N)CCOC1. The number of rotatable bonds is 1. The fraction of sp³-hybridized carbons (Fsp3) is 1.00. The van der Waals surface area contributed by atoms with Crippen LogP contribution in [0.5, 0.6) is 0 Å². The van der Waals surface area contributed by atoms with E-state index < -0.39 is 5.72 Å². The van der Waals surface area contributed by atoms with Gasteiger partial charge in [-0.3, -0.25) is 0 Å². The highest BCUT2D eigenvalue weighted by Crippen LogP contribution is 2.14. The van der Waals surface area contributed by atoms with Crippen molar-refractivity contribution in [2.24, 2.45) is 5.73 Å². The summed E-state index contributed by atoms with van der Waals surface area (Å²) in [5.41, 5.74) is 5.12. The first-order chi connectivity index (χ1) is 3.77. The summed E-state index contributed by atoms with van der Waals surface area (Å²) in [7, 11) is 1.61. The van der Waals surface area contributed by atoms with Gasteiger partial charge in [-0.25, -0.2) is 0 Å². The fourth-order valence-electron chi connectivity index (χ4n) is 0.723. The molecule has 1 aliphatic heterocycles. The molecule has 8 heavy (non-hydrogen) atoms. The van der Waals surface area contributed by atoms with Crippen LogP contribution in [0.4, 0.5) is 0 Å². The molecule has 0 amide bonds. The zero-order valence-corrected chi connectivity index (χ0v) is 5.02. The van der Waals surface area contributed by atoms with Gasteiger partial charge < -0.3 is 15.2 Å². The predicted octanol–water partition coefficient (Wildman–Crippen LogP) is -0.292. The van der Waals surface area contributed by atoms with Crippen LogP contribution in [-0.2, 0) is 9.47 Å². The highest BCUT2D eigenvalue weighted by molar-refractivity contribution is 4.76. The third-order valence-corrected chi connectivity index (χ3v) is 1.42. The molecule has 1 heterocycles. The zero-order chi connectivity index (χ0) is 6.04. The van der Waals surface area contributed by atoms with Gasteiger partial charge >= 0.3 is 0 Å². The summed E-state index contributed by atoms with van der Waals surface area (Å²) in [4.78, 5) is 0. The van der Waals surface area contributed by atoms with Crippen LogP contribution in [0.3, 0.4) is 0 Å². The fourth-order valence-corrected chi connectivity index (χ4v) is 0.723. The van der Waals surface area contributed by atoms with Crippen molar-refractivity contribution in [1.29, 1.82) is 0 Å². The Hall–Kier alpha value is -0.120. The summed E-state index contributed by atoms with van der Waals surface area (Å²) in [5, 5.41) is 0. The molecule has 0 aromatic rings. The Morgan fingerprint density at radius 2 is 2.50 bits per heavy atom. The van der Waals surface area contributed by atoms with Crippen LogP contribution in [0.15, 0.2) is 0 Å². The van der Waals surface area contributed by atoms with Crippen LogP contribution in [0.25, 0.3) is 0 Å². The molecule has 2 N–H and O–H groups in total. The van der Waals surface area contributed by atoms with E-state index in [-0.39, 0.29) is 0 Å². The Morgan fingerprint density at radius 1 is 1.75 bits per heavy atom. The molecule has 0 saturated carbocycles. The number of methoxy groups -OCH3 is 1. The molecule has 0 radical (unpaired) electrons. The van der Waals surface area contributed by atoms with Gasteiger partial charge in [-0.15, -0.1) is 0 Å². The van der Waals surface area contributed by atoms with E-state index in [0.29, 0.717) is 6.61 Å². The minimum absolute atomic E-state index is 0.486. The van der Waals surface area contributed by atoms with Crippen LogP contribution in [0.1, 0.15) is 6.42 Å². The summed E-state index contributed by atoms with van der Waals surface area (Å²) in [5.74, 6) is 0. The summed E-state index contributed by atoms with van der Waals surface area (Å²) < 4.78 is 9.95. The monoisotopic (exact) mass is 117 g/mol. The van der Waals surface area contributed by atoms with Crippen LogP contribution in [-0.4, -0.2) is 26.0 Å². The molecule has 1 atom stereocenters. The highest BCUT2D eigenvalue weighted by atomic mass is 16.6.